The zero-order chi connectivity index (χ0) is 10.7. The highest BCUT2D eigenvalue weighted by Gasteiger charge is 2.12. The van der Waals surface area contributed by atoms with Crippen molar-refractivity contribution in [3.05, 3.63) is 30.3 Å². The molecule has 0 heterocycles. The average Bonchev–Trinajstić information content (AvgIpc) is 2.16. The van der Waals surface area contributed by atoms with Crippen molar-refractivity contribution in [3.8, 4) is 11.5 Å². The predicted molar refractivity (Wildman–Crippen MR) is 51.3 cm³/mol. The SMILES string of the molecule is C=C(C(=O)O)c1ccc(O)cc1OC. The van der Waals surface area contributed by atoms with Gasteiger partial charge in [0, 0.05) is 11.6 Å². The van der Waals surface area contributed by atoms with Crippen molar-refractivity contribution in [2.24, 2.45) is 0 Å². The third-order valence-electron chi connectivity index (χ3n) is 1.77. The lowest BCUT2D eigenvalue weighted by molar-refractivity contribution is -0.130. The molecule has 0 fully saturated rings. The van der Waals surface area contributed by atoms with Gasteiger partial charge >= 0.3 is 5.97 Å². The monoisotopic (exact) mass is 194 g/mol. The van der Waals surface area contributed by atoms with Crippen LogP contribution in [0.3, 0.4) is 0 Å². The van der Waals surface area contributed by atoms with Gasteiger partial charge in [-0.25, -0.2) is 4.79 Å². The van der Waals surface area contributed by atoms with Crippen molar-refractivity contribution < 1.29 is 19.7 Å². The Morgan fingerprint density at radius 3 is 2.64 bits per heavy atom. The molecule has 74 valence electrons. The third-order valence-corrected chi connectivity index (χ3v) is 1.77. The first kappa shape index (κ1) is 10.1. The molecule has 0 unspecified atom stereocenters. The number of methoxy groups -OCH3 is 1. The van der Waals surface area contributed by atoms with Crippen molar-refractivity contribution in [1.82, 2.24) is 0 Å². The van der Waals surface area contributed by atoms with E-state index in [1.165, 1.54) is 25.3 Å². The summed E-state index contributed by atoms with van der Waals surface area (Å²) in [5, 5.41) is 17.8. The Morgan fingerprint density at radius 1 is 1.50 bits per heavy atom. The van der Waals surface area contributed by atoms with Crippen molar-refractivity contribution in [1.29, 1.82) is 0 Å². The van der Waals surface area contributed by atoms with Gasteiger partial charge in [-0.3, -0.25) is 0 Å². The van der Waals surface area contributed by atoms with E-state index in [-0.39, 0.29) is 17.1 Å². The van der Waals surface area contributed by atoms with E-state index in [4.69, 9.17) is 14.9 Å². The van der Waals surface area contributed by atoms with Crippen molar-refractivity contribution in [3.63, 3.8) is 0 Å². The summed E-state index contributed by atoms with van der Waals surface area (Å²) in [6, 6.07) is 4.17. The summed E-state index contributed by atoms with van der Waals surface area (Å²) in [7, 11) is 1.40. The summed E-state index contributed by atoms with van der Waals surface area (Å²) >= 11 is 0. The maximum Gasteiger partial charge on any atom is 0.335 e. The summed E-state index contributed by atoms with van der Waals surface area (Å²) in [5.41, 5.74) is 0.291. The minimum absolute atomic E-state index is 0.0174. The molecule has 0 atom stereocenters. The molecule has 0 aromatic heterocycles. The third kappa shape index (κ3) is 1.85. The molecule has 0 amide bonds. The van der Waals surface area contributed by atoms with Gasteiger partial charge in [-0.05, 0) is 12.1 Å². The molecular formula is C10H10O4. The standard InChI is InChI=1S/C10H10O4/c1-6(10(12)13)8-4-3-7(11)5-9(8)14-2/h3-5,11H,1H2,2H3,(H,12,13). The van der Waals surface area contributed by atoms with E-state index in [0.29, 0.717) is 5.56 Å². The van der Waals surface area contributed by atoms with Crippen LogP contribution in [0, 0.1) is 0 Å². The van der Waals surface area contributed by atoms with Crippen LogP contribution in [0.2, 0.25) is 0 Å². The summed E-state index contributed by atoms with van der Waals surface area (Å²) in [6.45, 7) is 3.40. The van der Waals surface area contributed by atoms with Crippen LogP contribution in [0.15, 0.2) is 24.8 Å². The fraction of sp³-hybridized carbons (Fsp3) is 0.100. The van der Waals surface area contributed by atoms with Crippen LogP contribution in [-0.2, 0) is 4.79 Å². The van der Waals surface area contributed by atoms with E-state index in [9.17, 15) is 4.79 Å². The lowest BCUT2D eigenvalue weighted by Gasteiger charge is -2.08. The molecule has 0 spiro atoms. The lowest BCUT2D eigenvalue weighted by atomic mass is 10.1. The molecule has 0 aliphatic carbocycles. The summed E-state index contributed by atoms with van der Waals surface area (Å²) in [6.07, 6.45) is 0. The van der Waals surface area contributed by atoms with Crippen LogP contribution in [-0.4, -0.2) is 23.3 Å². The van der Waals surface area contributed by atoms with Crippen LogP contribution in [0.5, 0.6) is 11.5 Å². The van der Waals surface area contributed by atoms with E-state index in [0.717, 1.165) is 0 Å². The van der Waals surface area contributed by atoms with Crippen LogP contribution in [0.25, 0.3) is 5.57 Å². The number of phenols is 1. The number of aliphatic carboxylic acids is 1. The number of carbonyl (C=O) groups is 1. The normalized spacial score (nSPS) is 9.50. The smallest absolute Gasteiger partial charge is 0.335 e. The van der Waals surface area contributed by atoms with E-state index >= 15 is 0 Å². The topological polar surface area (TPSA) is 66.8 Å². The first-order valence-corrected chi connectivity index (χ1v) is 3.86. The van der Waals surface area contributed by atoms with Crippen molar-refractivity contribution >= 4 is 11.5 Å². The quantitative estimate of drug-likeness (QED) is 0.715. The van der Waals surface area contributed by atoms with Gasteiger partial charge in [0.05, 0.1) is 12.7 Å². The molecule has 1 rings (SSSR count). The second kappa shape index (κ2) is 3.83. The molecule has 4 heteroatoms. The zero-order valence-corrected chi connectivity index (χ0v) is 7.65. The minimum atomic E-state index is -1.12. The first-order chi connectivity index (χ1) is 6.56. The Kier molecular flexibility index (Phi) is 2.76. The molecule has 1 aromatic rings. The number of hydrogen-bond donors (Lipinski definition) is 2. The zero-order valence-electron chi connectivity index (χ0n) is 7.65. The molecular weight excluding hydrogens is 184 g/mol. The van der Waals surface area contributed by atoms with Gasteiger partial charge in [0.2, 0.25) is 0 Å². The van der Waals surface area contributed by atoms with Crippen LogP contribution in [0.4, 0.5) is 0 Å². The van der Waals surface area contributed by atoms with Crippen molar-refractivity contribution in [2.45, 2.75) is 0 Å². The van der Waals surface area contributed by atoms with Gasteiger partial charge in [0.25, 0.3) is 0 Å². The molecule has 0 radical (unpaired) electrons. The van der Waals surface area contributed by atoms with Gasteiger partial charge in [-0.1, -0.05) is 6.58 Å². The molecule has 4 nitrogen and oxygen atoms in total. The van der Waals surface area contributed by atoms with Gasteiger partial charge in [-0.15, -0.1) is 0 Å². The average molecular weight is 194 g/mol. The fourth-order valence-electron chi connectivity index (χ4n) is 1.04. The number of aromatic hydroxyl groups is 1. The van der Waals surface area contributed by atoms with Crippen LogP contribution >= 0.6 is 0 Å². The first-order valence-electron chi connectivity index (χ1n) is 3.86. The summed E-state index contributed by atoms with van der Waals surface area (Å²) in [5.74, 6) is -0.810. The van der Waals surface area contributed by atoms with Crippen molar-refractivity contribution in [2.75, 3.05) is 7.11 Å². The Labute approximate surface area is 81.1 Å². The largest absolute Gasteiger partial charge is 0.508 e. The molecule has 0 aliphatic rings. The number of rotatable bonds is 3. The molecule has 0 aliphatic heterocycles. The highest BCUT2D eigenvalue weighted by molar-refractivity contribution is 6.15. The Morgan fingerprint density at radius 2 is 2.14 bits per heavy atom. The Balaban J connectivity index is 3.20. The van der Waals surface area contributed by atoms with Crippen LogP contribution in [0.1, 0.15) is 5.56 Å². The minimum Gasteiger partial charge on any atom is -0.508 e. The molecule has 14 heavy (non-hydrogen) atoms. The van der Waals surface area contributed by atoms with Crippen LogP contribution < -0.4 is 4.74 Å². The van der Waals surface area contributed by atoms with Gasteiger partial charge in [0.1, 0.15) is 11.5 Å². The molecule has 0 saturated carbocycles. The lowest BCUT2D eigenvalue weighted by Crippen LogP contribution is -2.00. The Hall–Kier alpha value is -1.97. The van der Waals surface area contributed by atoms with E-state index in [1.54, 1.807) is 0 Å². The molecule has 0 bridgehead atoms. The summed E-state index contributed by atoms with van der Waals surface area (Å²) in [4.78, 5) is 10.6. The van der Waals surface area contributed by atoms with Gasteiger partial charge in [-0.2, -0.15) is 0 Å². The molecule has 2 N–H and O–H groups in total. The molecule has 0 saturated heterocycles. The maximum atomic E-state index is 10.6. The molecule has 1 aromatic carbocycles. The highest BCUT2D eigenvalue weighted by atomic mass is 16.5. The number of hydrogen-bond acceptors (Lipinski definition) is 3. The number of carboxylic acids is 1. The second-order valence-corrected chi connectivity index (χ2v) is 2.67. The summed E-state index contributed by atoms with van der Waals surface area (Å²) < 4.78 is 4.91. The predicted octanol–water partition coefficient (Wildman–Crippen LogP) is 1.50. The van der Waals surface area contributed by atoms with Gasteiger partial charge in [0.15, 0.2) is 0 Å². The number of carboxylic acid groups (broad SMARTS) is 1. The van der Waals surface area contributed by atoms with E-state index in [2.05, 4.69) is 6.58 Å². The highest BCUT2D eigenvalue weighted by Crippen LogP contribution is 2.28. The fourth-order valence-corrected chi connectivity index (χ4v) is 1.04. The maximum absolute atomic E-state index is 10.6. The number of benzene rings is 1. The van der Waals surface area contributed by atoms with Gasteiger partial charge < -0.3 is 14.9 Å². The second-order valence-electron chi connectivity index (χ2n) is 2.67. The Bertz CT molecular complexity index is 382. The number of phenolic OH excluding ortho intramolecular Hbond substituents is 1. The number of ether oxygens (including phenoxy) is 1. The van der Waals surface area contributed by atoms with E-state index in [1.807, 2.05) is 0 Å². The van der Waals surface area contributed by atoms with E-state index < -0.39 is 5.97 Å².